The first kappa shape index (κ1) is 17.5. The Morgan fingerprint density at radius 1 is 1.48 bits per heavy atom. The fourth-order valence-electron chi connectivity index (χ4n) is 1.49. The number of nitrogens with zero attached hydrogens (tertiary/aromatic N) is 1. The van der Waals surface area contributed by atoms with Crippen molar-refractivity contribution in [3.63, 3.8) is 0 Å². The van der Waals surface area contributed by atoms with Gasteiger partial charge >= 0.3 is 6.18 Å². The lowest BCUT2D eigenvalue weighted by Crippen LogP contribution is -2.30. The zero-order chi connectivity index (χ0) is 16.0. The molecule has 0 aliphatic heterocycles. The van der Waals surface area contributed by atoms with Crippen molar-refractivity contribution in [2.24, 2.45) is 0 Å². The highest BCUT2D eigenvalue weighted by molar-refractivity contribution is 7.14. The summed E-state index contributed by atoms with van der Waals surface area (Å²) < 4.78 is 36.4. The fraction of sp³-hybridized carbons (Fsp3) is 0.500. The number of rotatable bonds is 4. The molecule has 1 aromatic heterocycles. The van der Waals surface area contributed by atoms with Gasteiger partial charge in [0, 0.05) is 20.0 Å². The molecule has 7 heteroatoms. The van der Waals surface area contributed by atoms with Crippen molar-refractivity contribution in [1.29, 1.82) is 0 Å². The minimum atomic E-state index is -4.28. The maximum atomic E-state index is 12.1. The highest BCUT2D eigenvalue weighted by Gasteiger charge is 2.28. The first-order valence-electron chi connectivity index (χ1n) is 6.27. The third kappa shape index (κ3) is 5.78. The first-order chi connectivity index (χ1) is 9.74. The van der Waals surface area contributed by atoms with E-state index in [1.54, 1.807) is 13.0 Å². The summed E-state index contributed by atoms with van der Waals surface area (Å²) in [6, 6.07) is 1.63. The summed E-state index contributed by atoms with van der Waals surface area (Å²) >= 11 is 1.15. The second-order valence-electron chi connectivity index (χ2n) is 4.49. The topological polar surface area (TPSA) is 40.5 Å². The molecule has 0 saturated carbocycles. The standard InChI is InChI=1S/C14H16F3NO2S/c1-10-9-12(21-11(10)5-3-4-8-19)13(20)18(2)7-6-14(15,16)17/h9,19H,4,6-8H2,1-2H3. The molecule has 0 aromatic carbocycles. The molecule has 3 nitrogen and oxygen atoms in total. The molecule has 0 saturated heterocycles. The lowest BCUT2D eigenvalue weighted by molar-refractivity contribution is -0.136. The number of halogens is 3. The molecule has 21 heavy (non-hydrogen) atoms. The number of hydrogen-bond acceptors (Lipinski definition) is 3. The summed E-state index contributed by atoms with van der Waals surface area (Å²) in [6.45, 7) is 1.38. The van der Waals surface area contributed by atoms with Crippen LogP contribution in [0.2, 0.25) is 0 Å². The van der Waals surface area contributed by atoms with Gasteiger partial charge < -0.3 is 10.0 Å². The fourth-order valence-corrected chi connectivity index (χ4v) is 2.54. The Labute approximate surface area is 125 Å². The number of amides is 1. The van der Waals surface area contributed by atoms with Gasteiger partial charge in [-0.3, -0.25) is 4.79 Å². The number of aliphatic hydroxyl groups excluding tert-OH is 1. The predicted molar refractivity (Wildman–Crippen MR) is 75.3 cm³/mol. The van der Waals surface area contributed by atoms with E-state index >= 15 is 0 Å². The molecule has 0 aliphatic carbocycles. The summed E-state index contributed by atoms with van der Waals surface area (Å²) in [6.07, 6.45) is -4.96. The van der Waals surface area contributed by atoms with Crippen LogP contribution in [-0.4, -0.2) is 42.3 Å². The van der Waals surface area contributed by atoms with Crippen LogP contribution in [0.3, 0.4) is 0 Å². The molecule has 0 atom stereocenters. The Morgan fingerprint density at radius 2 is 2.14 bits per heavy atom. The Morgan fingerprint density at radius 3 is 2.71 bits per heavy atom. The van der Waals surface area contributed by atoms with Crippen molar-refractivity contribution in [3.8, 4) is 11.8 Å². The normalized spacial score (nSPS) is 11.0. The van der Waals surface area contributed by atoms with E-state index in [0.29, 0.717) is 16.2 Å². The van der Waals surface area contributed by atoms with Crippen molar-refractivity contribution in [3.05, 3.63) is 21.4 Å². The lowest BCUT2D eigenvalue weighted by Gasteiger charge is -2.17. The van der Waals surface area contributed by atoms with Crippen LogP contribution in [0.4, 0.5) is 13.2 Å². The summed E-state index contributed by atoms with van der Waals surface area (Å²) in [5.41, 5.74) is 0.804. The van der Waals surface area contributed by atoms with Crippen LogP contribution >= 0.6 is 11.3 Å². The zero-order valence-corrected chi connectivity index (χ0v) is 12.6. The first-order valence-corrected chi connectivity index (χ1v) is 7.08. The van der Waals surface area contributed by atoms with E-state index in [0.717, 1.165) is 21.8 Å². The van der Waals surface area contributed by atoms with Crippen LogP contribution in [0, 0.1) is 18.8 Å². The smallest absolute Gasteiger partial charge is 0.390 e. The highest BCUT2D eigenvalue weighted by Crippen LogP contribution is 2.24. The van der Waals surface area contributed by atoms with E-state index in [4.69, 9.17) is 5.11 Å². The molecule has 1 rings (SSSR count). The number of carbonyl (C=O) groups excluding carboxylic acids is 1. The second-order valence-corrected chi connectivity index (χ2v) is 5.54. The molecule has 116 valence electrons. The molecule has 0 radical (unpaired) electrons. The second kappa shape index (κ2) is 7.48. The minimum absolute atomic E-state index is 0.0383. The number of thiophene rings is 1. The molecule has 1 heterocycles. The van der Waals surface area contributed by atoms with Crippen molar-refractivity contribution in [2.45, 2.75) is 25.9 Å². The number of aryl methyl sites for hydroxylation is 1. The Bertz CT molecular complexity index is 555. The van der Waals surface area contributed by atoms with Crippen LogP contribution in [0.15, 0.2) is 6.07 Å². The van der Waals surface area contributed by atoms with Gasteiger partial charge in [-0.1, -0.05) is 11.8 Å². The van der Waals surface area contributed by atoms with Gasteiger partial charge in [0.2, 0.25) is 0 Å². The predicted octanol–water partition coefficient (Wildman–Crippen LogP) is 2.81. The molecule has 1 aromatic rings. The third-order valence-corrected chi connectivity index (χ3v) is 3.79. The van der Waals surface area contributed by atoms with Gasteiger partial charge in [0.1, 0.15) is 0 Å². The molecule has 0 fully saturated rings. The third-order valence-electron chi connectivity index (χ3n) is 2.64. The van der Waals surface area contributed by atoms with Crippen LogP contribution in [0.5, 0.6) is 0 Å². The Hall–Kier alpha value is -1.52. The molecular formula is C14H16F3NO2S. The summed E-state index contributed by atoms with van der Waals surface area (Å²) in [5.74, 6) is 5.16. The van der Waals surface area contributed by atoms with Crippen molar-refractivity contribution < 1.29 is 23.1 Å². The van der Waals surface area contributed by atoms with E-state index in [1.165, 1.54) is 7.05 Å². The van der Waals surface area contributed by atoms with Crippen molar-refractivity contribution in [2.75, 3.05) is 20.2 Å². The average Bonchev–Trinajstić information content (AvgIpc) is 2.76. The number of alkyl halides is 3. The van der Waals surface area contributed by atoms with Gasteiger partial charge in [-0.25, -0.2) is 0 Å². The summed E-state index contributed by atoms with van der Waals surface area (Å²) in [5, 5.41) is 8.65. The number of carbonyl (C=O) groups is 1. The van der Waals surface area contributed by atoms with Crippen LogP contribution in [0.25, 0.3) is 0 Å². The molecular weight excluding hydrogens is 303 g/mol. The van der Waals surface area contributed by atoms with Gasteiger partial charge in [0.25, 0.3) is 5.91 Å². The lowest BCUT2D eigenvalue weighted by atomic mass is 10.2. The zero-order valence-electron chi connectivity index (χ0n) is 11.8. The largest absolute Gasteiger partial charge is 0.395 e. The van der Waals surface area contributed by atoms with E-state index in [-0.39, 0.29) is 13.2 Å². The van der Waals surface area contributed by atoms with Crippen LogP contribution in [-0.2, 0) is 0 Å². The molecule has 1 amide bonds. The maximum Gasteiger partial charge on any atom is 0.390 e. The molecule has 0 aliphatic rings. The van der Waals surface area contributed by atoms with E-state index < -0.39 is 18.5 Å². The van der Waals surface area contributed by atoms with Crippen molar-refractivity contribution >= 4 is 17.2 Å². The van der Waals surface area contributed by atoms with E-state index in [1.807, 2.05) is 0 Å². The molecule has 1 N–H and O–H groups in total. The maximum absolute atomic E-state index is 12.1. The molecule has 0 unspecified atom stereocenters. The monoisotopic (exact) mass is 319 g/mol. The molecule has 0 bridgehead atoms. The Balaban J connectivity index is 2.75. The minimum Gasteiger partial charge on any atom is -0.395 e. The highest BCUT2D eigenvalue weighted by atomic mass is 32.1. The summed E-state index contributed by atoms with van der Waals surface area (Å²) in [7, 11) is 1.35. The molecule has 0 spiro atoms. The van der Waals surface area contributed by atoms with E-state index in [9.17, 15) is 18.0 Å². The van der Waals surface area contributed by atoms with Crippen LogP contribution in [0.1, 0.15) is 33.0 Å². The van der Waals surface area contributed by atoms with E-state index in [2.05, 4.69) is 11.8 Å². The SMILES string of the molecule is Cc1cc(C(=O)N(C)CCC(F)(F)F)sc1C#CCCO. The number of aliphatic hydroxyl groups is 1. The average molecular weight is 319 g/mol. The summed E-state index contributed by atoms with van der Waals surface area (Å²) in [4.78, 5) is 14.2. The van der Waals surface area contributed by atoms with Gasteiger partial charge in [0.15, 0.2) is 0 Å². The van der Waals surface area contributed by atoms with Crippen molar-refractivity contribution in [1.82, 2.24) is 4.90 Å². The van der Waals surface area contributed by atoms with Crippen LogP contribution < -0.4 is 0 Å². The van der Waals surface area contributed by atoms with Gasteiger partial charge in [-0.05, 0) is 18.6 Å². The van der Waals surface area contributed by atoms with Gasteiger partial charge in [-0.2, -0.15) is 13.2 Å². The van der Waals surface area contributed by atoms with Gasteiger partial charge in [0.05, 0.1) is 22.8 Å². The Kier molecular flexibility index (Phi) is 6.24. The number of hydrogen-bond donors (Lipinski definition) is 1. The quantitative estimate of drug-likeness (QED) is 0.867. The van der Waals surface area contributed by atoms with Gasteiger partial charge in [-0.15, -0.1) is 11.3 Å².